The minimum Gasteiger partial charge on any atom is -0.491 e. The highest BCUT2D eigenvalue weighted by Gasteiger charge is 2.34. The number of amides is 3. The molecule has 0 unspecified atom stereocenters. The quantitative estimate of drug-likeness (QED) is 0.895. The molecule has 3 amide bonds. The molecular weight excluding hydrogens is 306 g/mol. The molecule has 0 bridgehead atoms. The highest BCUT2D eigenvalue weighted by atomic mass is 16.5. The van der Waals surface area contributed by atoms with Gasteiger partial charge in [-0.3, -0.25) is 4.79 Å². The largest absolute Gasteiger partial charge is 0.491 e. The van der Waals surface area contributed by atoms with Gasteiger partial charge in [0.25, 0.3) is 0 Å². The minimum atomic E-state index is -0.526. The average Bonchev–Trinajstić information content (AvgIpc) is 3.03. The lowest BCUT2D eigenvalue weighted by molar-refractivity contribution is -0.134. The summed E-state index contributed by atoms with van der Waals surface area (Å²) in [6.07, 6.45) is 1.48. The Morgan fingerprint density at radius 1 is 1.29 bits per heavy atom. The van der Waals surface area contributed by atoms with E-state index in [0.29, 0.717) is 26.1 Å². The fourth-order valence-electron chi connectivity index (χ4n) is 3.08. The number of urea groups is 1. The molecule has 2 N–H and O–H groups in total. The third-order valence-corrected chi connectivity index (χ3v) is 4.74. The number of hydrogen-bond acceptors (Lipinski definition) is 3. The summed E-state index contributed by atoms with van der Waals surface area (Å²) in [6.45, 7) is 7.54. The lowest BCUT2D eigenvalue weighted by Gasteiger charge is -2.27. The summed E-state index contributed by atoms with van der Waals surface area (Å²) in [7, 11) is 1.74. The van der Waals surface area contributed by atoms with Crippen LogP contribution in [0.5, 0.6) is 5.75 Å². The summed E-state index contributed by atoms with van der Waals surface area (Å²) < 4.78 is 5.91. The second kappa shape index (κ2) is 7.55. The number of carbonyl (C=O) groups excluding carboxylic acids is 2. The van der Waals surface area contributed by atoms with Crippen molar-refractivity contribution in [2.45, 2.75) is 39.7 Å². The zero-order valence-corrected chi connectivity index (χ0v) is 15.0. The molecule has 6 heteroatoms. The number of ether oxygens (including phenoxy) is 1. The number of primary amides is 1. The summed E-state index contributed by atoms with van der Waals surface area (Å²) in [5.41, 5.74) is 8.74. The zero-order chi connectivity index (χ0) is 17.9. The highest BCUT2D eigenvalue weighted by molar-refractivity contribution is 5.87. The molecule has 1 aliphatic heterocycles. The van der Waals surface area contributed by atoms with Crippen LogP contribution in [0.25, 0.3) is 0 Å². The van der Waals surface area contributed by atoms with E-state index in [-0.39, 0.29) is 5.91 Å². The summed E-state index contributed by atoms with van der Waals surface area (Å²) >= 11 is 0. The summed E-state index contributed by atoms with van der Waals surface area (Å²) in [6, 6.07) is 3.15. The van der Waals surface area contributed by atoms with Crippen molar-refractivity contribution in [3.8, 4) is 5.75 Å². The molecule has 1 atom stereocenters. The van der Waals surface area contributed by atoms with Crippen LogP contribution >= 0.6 is 0 Å². The van der Waals surface area contributed by atoms with Gasteiger partial charge in [0.05, 0.1) is 6.54 Å². The summed E-state index contributed by atoms with van der Waals surface area (Å²) in [5.74, 6) is 0.808. The normalized spacial score (nSPS) is 17.0. The maximum Gasteiger partial charge on any atom is 0.315 e. The van der Waals surface area contributed by atoms with Crippen LogP contribution < -0.4 is 10.5 Å². The van der Waals surface area contributed by atoms with Crippen molar-refractivity contribution < 1.29 is 14.3 Å². The number of rotatable bonds is 5. The molecule has 0 saturated carbocycles. The number of nitrogens with zero attached hydrogens (tertiary/aromatic N) is 2. The summed E-state index contributed by atoms with van der Waals surface area (Å²) in [5, 5.41) is 0. The van der Waals surface area contributed by atoms with Gasteiger partial charge in [-0.2, -0.15) is 0 Å². The number of hydrogen-bond donors (Lipinski definition) is 1. The van der Waals surface area contributed by atoms with Gasteiger partial charge in [-0.1, -0.05) is 12.1 Å². The molecule has 0 spiro atoms. The molecule has 1 saturated heterocycles. The van der Waals surface area contributed by atoms with Crippen LogP contribution in [0.1, 0.15) is 29.5 Å². The zero-order valence-electron chi connectivity index (χ0n) is 15.0. The van der Waals surface area contributed by atoms with Gasteiger partial charge in [-0.25, -0.2) is 4.79 Å². The Hall–Kier alpha value is -2.24. The maximum absolute atomic E-state index is 12.5. The first kappa shape index (κ1) is 18.1. The Labute approximate surface area is 143 Å². The van der Waals surface area contributed by atoms with E-state index in [4.69, 9.17) is 10.5 Å². The second-order valence-electron chi connectivity index (χ2n) is 6.45. The fourth-order valence-corrected chi connectivity index (χ4v) is 3.08. The molecule has 0 aliphatic carbocycles. The third-order valence-electron chi connectivity index (χ3n) is 4.74. The van der Waals surface area contributed by atoms with E-state index in [1.54, 1.807) is 11.9 Å². The lowest BCUT2D eigenvalue weighted by Crippen LogP contribution is -2.49. The van der Waals surface area contributed by atoms with Crippen molar-refractivity contribution in [2.75, 3.05) is 26.7 Å². The fraction of sp³-hybridized carbons (Fsp3) is 0.556. The van der Waals surface area contributed by atoms with Crippen LogP contribution in [0.2, 0.25) is 0 Å². The van der Waals surface area contributed by atoms with Gasteiger partial charge in [-0.15, -0.1) is 0 Å². The maximum atomic E-state index is 12.5. The number of nitrogens with two attached hydrogens (primary N) is 1. The van der Waals surface area contributed by atoms with E-state index in [1.807, 2.05) is 19.9 Å². The summed E-state index contributed by atoms with van der Waals surface area (Å²) in [4.78, 5) is 27.0. The number of carbonyl (C=O) groups is 2. The van der Waals surface area contributed by atoms with Crippen LogP contribution in [-0.2, 0) is 4.79 Å². The predicted octanol–water partition coefficient (Wildman–Crippen LogP) is 1.99. The first-order chi connectivity index (χ1) is 11.3. The Kier molecular flexibility index (Phi) is 5.70. The Morgan fingerprint density at radius 3 is 2.62 bits per heavy atom. The molecule has 6 nitrogen and oxygen atoms in total. The Bertz CT molecular complexity index is 630. The van der Waals surface area contributed by atoms with Crippen LogP contribution in [0.3, 0.4) is 0 Å². The first-order valence-corrected chi connectivity index (χ1v) is 8.33. The number of likely N-dealkylation sites (N-methyl/N-ethyl adjacent to an activating group) is 1. The molecule has 2 rings (SSSR count). The van der Waals surface area contributed by atoms with Crippen molar-refractivity contribution in [1.82, 2.24) is 9.80 Å². The van der Waals surface area contributed by atoms with Crippen LogP contribution in [0.4, 0.5) is 4.79 Å². The van der Waals surface area contributed by atoms with Gasteiger partial charge in [0, 0.05) is 13.6 Å². The molecule has 1 aliphatic rings. The Balaban J connectivity index is 1.92. The average molecular weight is 333 g/mol. The van der Waals surface area contributed by atoms with Gasteiger partial charge >= 0.3 is 6.03 Å². The molecule has 0 radical (unpaired) electrons. The van der Waals surface area contributed by atoms with Gasteiger partial charge < -0.3 is 20.3 Å². The third kappa shape index (κ3) is 3.80. The first-order valence-electron chi connectivity index (χ1n) is 8.33. The standard InChI is InChI=1S/C18H27N3O3/c1-12-7-8-13(2)16(14(12)3)24-11-10-20(4)17(22)15-6-5-9-21(15)18(19)23/h7-8,15H,5-6,9-11H2,1-4H3,(H2,19,23)/t15-/m1/s1. The molecule has 132 valence electrons. The van der Waals surface area contributed by atoms with Gasteiger partial charge in [0.15, 0.2) is 0 Å². The molecule has 1 fully saturated rings. The smallest absolute Gasteiger partial charge is 0.315 e. The van der Waals surface area contributed by atoms with E-state index < -0.39 is 12.1 Å². The van der Waals surface area contributed by atoms with Gasteiger partial charge in [0.2, 0.25) is 5.91 Å². The molecule has 1 aromatic carbocycles. The monoisotopic (exact) mass is 333 g/mol. The lowest BCUT2D eigenvalue weighted by atomic mass is 10.1. The molecule has 24 heavy (non-hydrogen) atoms. The van der Waals surface area contributed by atoms with Crippen LogP contribution in [0.15, 0.2) is 12.1 Å². The number of benzene rings is 1. The van der Waals surface area contributed by atoms with E-state index in [1.165, 1.54) is 10.5 Å². The number of aryl methyl sites for hydroxylation is 2. The van der Waals surface area contributed by atoms with Crippen molar-refractivity contribution in [3.63, 3.8) is 0 Å². The molecular formula is C18H27N3O3. The van der Waals surface area contributed by atoms with Crippen molar-refractivity contribution in [3.05, 3.63) is 28.8 Å². The van der Waals surface area contributed by atoms with E-state index in [0.717, 1.165) is 23.3 Å². The second-order valence-corrected chi connectivity index (χ2v) is 6.45. The highest BCUT2D eigenvalue weighted by Crippen LogP contribution is 2.25. The molecule has 1 aromatic rings. The number of likely N-dealkylation sites (tertiary alicyclic amines) is 1. The van der Waals surface area contributed by atoms with Crippen LogP contribution in [-0.4, -0.2) is 54.5 Å². The van der Waals surface area contributed by atoms with E-state index >= 15 is 0 Å². The minimum absolute atomic E-state index is 0.0763. The topological polar surface area (TPSA) is 75.9 Å². The van der Waals surface area contributed by atoms with E-state index in [2.05, 4.69) is 13.0 Å². The Morgan fingerprint density at radius 2 is 1.96 bits per heavy atom. The van der Waals surface area contributed by atoms with Crippen molar-refractivity contribution in [1.29, 1.82) is 0 Å². The van der Waals surface area contributed by atoms with Crippen molar-refractivity contribution in [2.24, 2.45) is 5.73 Å². The van der Waals surface area contributed by atoms with E-state index in [9.17, 15) is 9.59 Å². The molecule has 1 heterocycles. The van der Waals surface area contributed by atoms with Gasteiger partial charge in [0.1, 0.15) is 18.4 Å². The molecule has 0 aromatic heterocycles. The van der Waals surface area contributed by atoms with Gasteiger partial charge in [-0.05, 0) is 50.3 Å². The van der Waals surface area contributed by atoms with Crippen molar-refractivity contribution >= 4 is 11.9 Å². The predicted molar refractivity (Wildman–Crippen MR) is 93.1 cm³/mol. The SMILES string of the molecule is Cc1ccc(C)c(OCCN(C)C(=O)[C@H]2CCCN2C(N)=O)c1C. The van der Waals surface area contributed by atoms with Crippen LogP contribution in [0, 0.1) is 20.8 Å².